The topological polar surface area (TPSA) is 68.2 Å². The van der Waals surface area contributed by atoms with Crippen LogP contribution in [0.1, 0.15) is 17.5 Å². The molecule has 2 fully saturated rings. The molecule has 6 heteroatoms. The van der Waals surface area contributed by atoms with Crippen molar-refractivity contribution >= 4 is 18.0 Å². The van der Waals surface area contributed by atoms with Crippen molar-refractivity contribution in [1.82, 2.24) is 5.01 Å². The fourth-order valence-electron chi connectivity index (χ4n) is 4.57. The lowest BCUT2D eigenvalue weighted by molar-refractivity contribution is -0.140. The Kier molecular flexibility index (Phi) is 4.34. The maximum atomic E-state index is 12.7. The number of benzene rings is 1. The monoisotopic (exact) mass is 366 g/mol. The van der Waals surface area contributed by atoms with Crippen LogP contribution < -0.4 is 9.47 Å². The zero-order chi connectivity index (χ0) is 19.1. The van der Waals surface area contributed by atoms with E-state index in [9.17, 15) is 9.59 Å². The highest BCUT2D eigenvalue weighted by atomic mass is 16.5. The second-order valence-corrected chi connectivity index (χ2v) is 7.14. The lowest BCUT2D eigenvalue weighted by Gasteiger charge is -2.14. The molecule has 1 saturated heterocycles. The molecule has 6 nitrogen and oxygen atoms in total. The van der Waals surface area contributed by atoms with Crippen LogP contribution in [0.5, 0.6) is 11.5 Å². The van der Waals surface area contributed by atoms with Gasteiger partial charge in [-0.3, -0.25) is 9.59 Å². The normalized spacial score (nSPS) is 28.3. The van der Waals surface area contributed by atoms with Crippen molar-refractivity contribution in [2.45, 2.75) is 12.8 Å². The summed E-state index contributed by atoms with van der Waals surface area (Å²) in [4.78, 5) is 25.4. The fraction of sp³-hybridized carbons (Fsp3) is 0.381. The summed E-state index contributed by atoms with van der Waals surface area (Å²) in [7, 11) is 3.15. The minimum atomic E-state index is -0.244. The van der Waals surface area contributed by atoms with Gasteiger partial charge in [-0.15, -0.1) is 6.58 Å². The third-order valence-electron chi connectivity index (χ3n) is 5.71. The van der Waals surface area contributed by atoms with Crippen LogP contribution in [-0.4, -0.2) is 37.3 Å². The number of rotatable bonds is 6. The Bertz CT molecular complexity index is 843. The van der Waals surface area contributed by atoms with Crippen LogP contribution in [0.4, 0.5) is 0 Å². The molecule has 2 bridgehead atoms. The van der Waals surface area contributed by atoms with Crippen LogP contribution >= 0.6 is 0 Å². The Morgan fingerprint density at radius 1 is 1.15 bits per heavy atom. The summed E-state index contributed by atoms with van der Waals surface area (Å²) in [5.41, 5.74) is 1.62. The molecule has 0 radical (unpaired) electrons. The smallest absolute Gasteiger partial charge is 0.254 e. The molecule has 1 heterocycles. The Labute approximate surface area is 158 Å². The van der Waals surface area contributed by atoms with Gasteiger partial charge < -0.3 is 9.47 Å². The Morgan fingerprint density at radius 3 is 2.37 bits per heavy atom. The first-order valence-corrected chi connectivity index (χ1v) is 9.05. The summed E-state index contributed by atoms with van der Waals surface area (Å²) in [6.07, 6.45) is 8.95. The minimum Gasteiger partial charge on any atom is -0.493 e. The Balaban J connectivity index is 1.62. The molecule has 0 aromatic heterocycles. The highest BCUT2D eigenvalue weighted by molar-refractivity contribution is 6.06. The highest BCUT2D eigenvalue weighted by Gasteiger charge is 2.59. The molecule has 1 aliphatic heterocycles. The maximum absolute atomic E-state index is 12.7. The predicted molar refractivity (Wildman–Crippen MR) is 101 cm³/mol. The first-order chi connectivity index (χ1) is 13.1. The van der Waals surface area contributed by atoms with Gasteiger partial charge in [0, 0.05) is 5.56 Å². The van der Waals surface area contributed by atoms with Crippen molar-refractivity contribution in [3.8, 4) is 11.5 Å². The van der Waals surface area contributed by atoms with Gasteiger partial charge in [-0.2, -0.15) is 10.1 Å². The second-order valence-electron chi connectivity index (χ2n) is 7.14. The SMILES string of the molecule is C=CCc1cc(C=NN2C(=O)C3C4C=CC(C4)C3C2=O)cc(OC)c1OC. The Morgan fingerprint density at radius 2 is 1.81 bits per heavy atom. The van der Waals surface area contributed by atoms with Gasteiger partial charge in [0.25, 0.3) is 11.8 Å². The van der Waals surface area contributed by atoms with E-state index in [-0.39, 0.29) is 35.5 Å². The van der Waals surface area contributed by atoms with Crippen molar-refractivity contribution in [3.63, 3.8) is 0 Å². The quantitative estimate of drug-likeness (QED) is 0.441. The standard InChI is InChI=1S/C21H22N2O4/c1-4-5-15-8-12(9-16(26-2)19(15)27-3)11-22-23-20(24)17-13-6-7-14(10-13)18(17)21(23)25/h4,6-9,11,13-14,17-18H,1,5,10H2,2-3H3. The van der Waals surface area contributed by atoms with E-state index in [2.05, 4.69) is 23.8 Å². The summed E-state index contributed by atoms with van der Waals surface area (Å²) in [5.74, 6) is 0.693. The Hall–Kier alpha value is -2.89. The summed E-state index contributed by atoms with van der Waals surface area (Å²) in [6.45, 7) is 3.76. The van der Waals surface area contributed by atoms with Crippen LogP contribution in [0, 0.1) is 23.7 Å². The van der Waals surface area contributed by atoms with Crippen molar-refractivity contribution in [1.29, 1.82) is 0 Å². The third-order valence-corrected chi connectivity index (χ3v) is 5.71. The lowest BCUT2D eigenvalue weighted by atomic mass is 9.85. The molecular weight excluding hydrogens is 344 g/mol. The van der Waals surface area contributed by atoms with Crippen LogP contribution in [0.2, 0.25) is 0 Å². The zero-order valence-corrected chi connectivity index (χ0v) is 15.4. The van der Waals surface area contributed by atoms with Gasteiger partial charge in [0.05, 0.1) is 32.3 Å². The van der Waals surface area contributed by atoms with E-state index in [4.69, 9.17) is 9.47 Å². The average molecular weight is 366 g/mol. The number of hydrogen-bond acceptors (Lipinski definition) is 5. The predicted octanol–water partition coefficient (Wildman–Crippen LogP) is 2.57. The van der Waals surface area contributed by atoms with Gasteiger partial charge in [0.2, 0.25) is 0 Å². The average Bonchev–Trinajstić information content (AvgIpc) is 3.34. The zero-order valence-electron chi connectivity index (χ0n) is 15.4. The van der Waals surface area contributed by atoms with E-state index < -0.39 is 0 Å². The number of allylic oxidation sites excluding steroid dienone is 3. The number of ether oxygens (including phenoxy) is 2. The summed E-state index contributed by atoms with van der Waals surface area (Å²) < 4.78 is 10.8. The van der Waals surface area contributed by atoms with Crippen molar-refractivity contribution in [2.75, 3.05) is 14.2 Å². The number of nitrogens with zero attached hydrogens (tertiary/aromatic N) is 2. The third kappa shape index (κ3) is 2.67. The van der Waals surface area contributed by atoms with Crippen LogP contribution in [0.15, 0.2) is 42.0 Å². The van der Waals surface area contributed by atoms with Crippen molar-refractivity contribution in [3.05, 3.63) is 48.1 Å². The lowest BCUT2D eigenvalue weighted by Crippen LogP contribution is -2.28. The first kappa shape index (κ1) is 17.5. The van der Waals surface area contributed by atoms with E-state index in [1.165, 1.54) is 6.21 Å². The molecule has 1 saturated carbocycles. The molecule has 0 spiro atoms. The number of hydrogen-bond donors (Lipinski definition) is 0. The summed E-state index contributed by atoms with van der Waals surface area (Å²) in [6, 6.07) is 3.66. The number of carbonyl (C=O) groups excluding carboxylic acids is 2. The molecule has 3 aliphatic rings. The molecular formula is C21H22N2O4. The highest BCUT2D eigenvalue weighted by Crippen LogP contribution is 2.52. The second kappa shape index (κ2) is 6.68. The molecule has 2 amide bonds. The molecule has 1 aromatic carbocycles. The van der Waals surface area contributed by atoms with Crippen LogP contribution in [-0.2, 0) is 16.0 Å². The number of carbonyl (C=O) groups is 2. The number of amides is 2. The van der Waals surface area contributed by atoms with E-state index in [1.807, 2.05) is 6.07 Å². The van der Waals surface area contributed by atoms with E-state index in [1.54, 1.807) is 26.4 Å². The molecule has 0 N–H and O–H groups in total. The van der Waals surface area contributed by atoms with E-state index in [0.717, 1.165) is 22.6 Å². The maximum Gasteiger partial charge on any atom is 0.254 e. The molecule has 2 aliphatic carbocycles. The molecule has 27 heavy (non-hydrogen) atoms. The van der Waals surface area contributed by atoms with Gasteiger partial charge in [-0.1, -0.05) is 18.2 Å². The van der Waals surface area contributed by atoms with Crippen molar-refractivity contribution < 1.29 is 19.1 Å². The fourth-order valence-corrected chi connectivity index (χ4v) is 4.57. The van der Waals surface area contributed by atoms with Crippen molar-refractivity contribution in [2.24, 2.45) is 28.8 Å². The molecule has 4 unspecified atom stereocenters. The van der Waals surface area contributed by atoms with Crippen LogP contribution in [0.3, 0.4) is 0 Å². The first-order valence-electron chi connectivity index (χ1n) is 9.05. The van der Waals surface area contributed by atoms with E-state index >= 15 is 0 Å². The number of fused-ring (bicyclic) bond motifs is 5. The van der Waals surface area contributed by atoms with Crippen LogP contribution in [0.25, 0.3) is 0 Å². The van der Waals surface area contributed by atoms with Gasteiger partial charge in [0.1, 0.15) is 0 Å². The van der Waals surface area contributed by atoms with Gasteiger partial charge >= 0.3 is 0 Å². The molecule has 1 aromatic rings. The number of imide groups is 1. The van der Waals surface area contributed by atoms with Gasteiger partial charge in [0.15, 0.2) is 11.5 Å². The number of hydrazone groups is 1. The largest absolute Gasteiger partial charge is 0.493 e. The summed E-state index contributed by atoms with van der Waals surface area (Å²) in [5, 5.41) is 5.27. The summed E-state index contributed by atoms with van der Waals surface area (Å²) >= 11 is 0. The molecule has 4 atom stereocenters. The van der Waals surface area contributed by atoms with Gasteiger partial charge in [-0.05, 0) is 42.4 Å². The van der Waals surface area contributed by atoms with E-state index in [0.29, 0.717) is 17.9 Å². The minimum absolute atomic E-state index is 0.178. The number of methoxy groups -OCH3 is 2. The van der Waals surface area contributed by atoms with Gasteiger partial charge in [-0.25, -0.2) is 0 Å². The molecule has 140 valence electrons. The molecule has 4 rings (SSSR count).